The van der Waals surface area contributed by atoms with E-state index in [0.29, 0.717) is 12.6 Å². The molecule has 1 rings (SSSR count). The second kappa shape index (κ2) is 7.09. The Balaban J connectivity index is 2.78. The SMILES string of the molecule is CCC(CSC)N(C)C(CN)c1ccc(C)o1. The number of likely N-dealkylation sites (N-methyl/N-ethyl adjacent to an activating group) is 1. The molecule has 2 N–H and O–H groups in total. The normalized spacial score (nSPS) is 15.2. The first-order chi connectivity index (χ1) is 8.13. The number of nitrogens with two attached hydrogens (primary N) is 1. The number of thioether (sulfide) groups is 1. The molecule has 2 unspecified atom stereocenters. The molecular weight excluding hydrogens is 232 g/mol. The predicted octanol–water partition coefficient (Wildman–Crippen LogP) is 2.66. The minimum atomic E-state index is 0.181. The van der Waals surface area contributed by atoms with Crippen LogP contribution in [0, 0.1) is 6.92 Å². The smallest absolute Gasteiger partial charge is 0.122 e. The molecule has 1 heterocycles. The van der Waals surface area contributed by atoms with Crippen molar-refractivity contribution in [1.82, 2.24) is 4.90 Å². The number of hydrogen-bond donors (Lipinski definition) is 1. The highest BCUT2D eigenvalue weighted by atomic mass is 32.2. The van der Waals surface area contributed by atoms with Gasteiger partial charge in [-0.05, 0) is 38.8 Å². The topological polar surface area (TPSA) is 42.4 Å². The van der Waals surface area contributed by atoms with Gasteiger partial charge in [0.2, 0.25) is 0 Å². The van der Waals surface area contributed by atoms with Crippen LogP contribution in [-0.2, 0) is 0 Å². The van der Waals surface area contributed by atoms with Crippen molar-refractivity contribution in [3.05, 3.63) is 23.7 Å². The largest absolute Gasteiger partial charge is 0.465 e. The molecule has 1 aromatic heterocycles. The Morgan fingerprint density at radius 3 is 2.59 bits per heavy atom. The Hall–Kier alpha value is -0.450. The zero-order chi connectivity index (χ0) is 12.8. The molecule has 0 spiro atoms. The lowest BCUT2D eigenvalue weighted by atomic mass is 10.1. The molecule has 0 aliphatic heterocycles. The molecular formula is C13H24N2OS. The van der Waals surface area contributed by atoms with E-state index in [9.17, 15) is 0 Å². The molecule has 0 saturated carbocycles. The molecule has 0 aromatic carbocycles. The number of hydrogen-bond acceptors (Lipinski definition) is 4. The second-order valence-electron chi connectivity index (χ2n) is 4.38. The van der Waals surface area contributed by atoms with Crippen molar-refractivity contribution in [2.45, 2.75) is 32.4 Å². The molecule has 98 valence electrons. The third-order valence-electron chi connectivity index (χ3n) is 3.21. The maximum atomic E-state index is 5.90. The van der Waals surface area contributed by atoms with Gasteiger partial charge in [-0.3, -0.25) is 4.90 Å². The average Bonchev–Trinajstić information content (AvgIpc) is 2.73. The highest BCUT2D eigenvalue weighted by Crippen LogP contribution is 2.24. The Morgan fingerprint density at radius 2 is 2.18 bits per heavy atom. The maximum Gasteiger partial charge on any atom is 0.122 e. The number of furan rings is 1. The van der Waals surface area contributed by atoms with Crippen LogP contribution in [0.2, 0.25) is 0 Å². The van der Waals surface area contributed by atoms with E-state index in [4.69, 9.17) is 10.2 Å². The fraction of sp³-hybridized carbons (Fsp3) is 0.692. The van der Waals surface area contributed by atoms with E-state index in [-0.39, 0.29) is 6.04 Å². The van der Waals surface area contributed by atoms with Crippen LogP contribution in [0.5, 0.6) is 0 Å². The minimum absolute atomic E-state index is 0.181. The maximum absolute atomic E-state index is 5.90. The summed E-state index contributed by atoms with van der Waals surface area (Å²) in [7, 11) is 2.14. The van der Waals surface area contributed by atoms with Crippen LogP contribution in [0.4, 0.5) is 0 Å². The standard InChI is InChI=1S/C13H24N2OS/c1-5-11(9-17-4)15(3)12(8-14)13-7-6-10(2)16-13/h6-7,11-12H,5,8-9,14H2,1-4H3. The molecule has 3 nitrogen and oxygen atoms in total. The number of aryl methyl sites for hydroxylation is 1. The summed E-state index contributed by atoms with van der Waals surface area (Å²) >= 11 is 1.88. The quantitative estimate of drug-likeness (QED) is 0.814. The van der Waals surface area contributed by atoms with Crippen LogP contribution in [-0.4, -0.2) is 36.5 Å². The highest BCUT2D eigenvalue weighted by molar-refractivity contribution is 7.98. The third kappa shape index (κ3) is 3.76. The van der Waals surface area contributed by atoms with Crippen molar-refractivity contribution in [2.24, 2.45) is 5.73 Å². The van der Waals surface area contributed by atoms with Crippen molar-refractivity contribution in [3.8, 4) is 0 Å². The van der Waals surface area contributed by atoms with Crippen molar-refractivity contribution < 1.29 is 4.42 Å². The van der Waals surface area contributed by atoms with Crippen molar-refractivity contribution in [1.29, 1.82) is 0 Å². The summed E-state index contributed by atoms with van der Waals surface area (Å²) in [6, 6.07) is 4.76. The van der Waals surface area contributed by atoms with Crippen LogP contribution in [0.25, 0.3) is 0 Å². The van der Waals surface area contributed by atoms with Crippen molar-refractivity contribution in [3.63, 3.8) is 0 Å². The van der Waals surface area contributed by atoms with E-state index in [1.165, 1.54) is 0 Å². The predicted molar refractivity (Wildman–Crippen MR) is 75.5 cm³/mol. The monoisotopic (exact) mass is 256 g/mol. The van der Waals surface area contributed by atoms with Crippen LogP contribution < -0.4 is 5.73 Å². The van der Waals surface area contributed by atoms with Gasteiger partial charge in [0.1, 0.15) is 11.5 Å². The van der Waals surface area contributed by atoms with Crippen LogP contribution in [0.1, 0.15) is 30.9 Å². The molecule has 0 radical (unpaired) electrons. The van der Waals surface area contributed by atoms with Gasteiger partial charge in [-0.1, -0.05) is 6.92 Å². The Morgan fingerprint density at radius 1 is 1.47 bits per heavy atom. The number of nitrogens with zero attached hydrogens (tertiary/aromatic N) is 1. The van der Waals surface area contributed by atoms with Crippen LogP contribution >= 0.6 is 11.8 Å². The van der Waals surface area contributed by atoms with Gasteiger partial charge in [0, 0.05) is 18.3 Å². The van der Waals surface area contributed by atoms with E-state index in [1.54, 1.807) is 0 Å². The molecule has 1 aromatic rings. The number of rotatable bonds is 7. The zero-order valence-corrected chi connectivity index (χ0v) is 12.1. The van der Waals surface area contributed by atoms with Gasteiger partial charge in [0.05, 0.1) is 6.04 Å². The minimum Gasteiger partial charge on any atom is -0.465 e. The zero-order valence-electron chi connectivity index (χ0n) is 11.3. The summed E-state index contributed by atoms with van der Waals surface area (Å²) in [5.74, 6) is 3.06. The van der Waals surface area contributed by atoms with E-state index in [1.807, 2.05) is 30.8 Å². The van der Waals surface area contributed by atoms with Gasteiger partial charge in [-0.25, -0.2) is 0 Å². The van der Waals surface area contributed by atoms with E-state index in [0.717, 1.165) is 23.7 Å². The fourth-order valence-electron chi connectivity index (χ4n) is 2.09. The first-order valence-corrected chi connectivity index (χ1v) is 7.50. The molecule has 0 aliphatic carbocycles. The van der Waals surface area contributed by atoms with Gasteiger partial charge in [-0.2, -0.15) is 11.8 Å². The summed E-state index contributed by atoms with van der Waals surface area (Å²) in [6.45, 7) is 4.78. The lowest BCUT2D eigenvalue weighted by Gasteiger charge is -2.32. The van der Waals surface area contributed by atoms with E-state index >= 15 is 0 Å². The lowest BCUT2D eigenvalue weighted by molar-refractivity contribution is 0.166. The van der Waals surface area contributed by atoms with Gasteiger partial charge >= 0.3 is 0 Å². The highest BCUT2D eigenvalue weighted by Gasteiger charge is 2.24. The van der Waals surface area contributed by atoms with Crippen LogP contribution in [0.15, 0.2) is 16.5 Å². The summed E-state index contributed by atoms with van der Waals surface area (Å²) in [5.41, 5.74) is 5.90. The molecule has 0 fully saturated rings. The Kier molecular flexibility index (Phi) is 6.09. The summed E-state index contributed by atoms with van der Waals surface area (Å²) in [5, 5.41) is 0. The van der Waals surface area contributed by atoms with Gasteiger partial charge < -0.3 is 10.2 Å². The summed E-state index contributed by atoms with van der Waals surface area (Å²) in [6.07, 6.45) is 3.28. The Labute approximate surface area is 109 Å². The lowest BCUT2D eigenvalue weighted by Crippen LogP contribution is -2.39. The fourth-order valence-corrected chi connectivity index (χ4v) is 2.94. The molecule has 2 atom stereocenters. The molecule has 0 bridgehead atoms. The van der Waals surface area contributed by atoms with Crippen molar-refractivity contribution in [2.75, 3.05) is 25.6 Å². The average molecular weight is 256 g/mol. The molecule has 0 saturated heterocycles. The third-order valence-corrected chi connectivity index (χ3v) is 3.93. The van der Waals surface area contributed by atoms with Gasteiger partial charge in [0.15, 0.2) is 0 Å². The Bertz CT molecular complexity index is 327. The second-order valence-corrected chi connectivity index (χ2v) is 5.29. The van der Waals surface area contributed by atoms with Gasteiger partial charge in [0.25, 0.3) is 0 Å². The van der Waals surface area contributed by atoms with Gasteiger partial charge in [-0.15, -0.1) is 0 Å². The van der Waals surface area contributed by atoms with Crippen molar-refractivity contribution >= 4 is 11.8 Å². The molecule has 0 amide bonds. The van der Waals surface area contributed by atoms with E-state index in [2.05, 4.69) is 25.1 Å². The first-order valence-electron chi connectivity index (χ1n) is 6.11. The molecule has 4 heteroatoms. The van der Waals surface area contributed by atoms with Crippen LogP contribution in [0.3, 0.4) is 0 Å². The summed E-state index contributed by atoms with van der Waals surface area (Å²) in [4.78, 5) is 2.34. The molecule has 0 aliphatic rings. The molecule has 17 heavy (non-hydrogen) atoms. The summed E-state index contributed by atoms with van der Waals surface area (Å²) < 4.78 is 5.70. The van der Waals surface area contributed by atoms with E-state index < -0.39 is 0 Å². The first kappa shape index (κ1) is 14.6.